The van der Waals surface area contributed by atoms with E-state index < -0.39 is 11.9 Å². The number of carbonyl (C=O) groups is 2. The van der Waals surface area contributed by atoms with Crippen LogP contribution in [0.5, 0.6) is 0 Å². The van der Waals surface area contributed by atoms with Crippen LogP contribution in [0.15, 0.2) is 36.5 Å². The highest BCUT2D eigenvalue weighted by atomic mass is 16.4. The van der Waals surface area contributed by atoms with E-state index in [-0.39, 0.29) is 11.8 Å². The third kappa shape index (κ3) is 2.91. The van der Waals surface area contributed by atoms with E-state index in [1.165, 1.54) is 10.9 Å². The summed E-state index contributed by atoms with van der Waals surface area (Å²) in [4.78, 5) is 22.4. The van der Waals surface area contributed by atoms with Crippen molar-refractivity contribution in [3.63, 3.8) is 0 Å². The Morgan fingerprint density at radius 1 is 1.24 bits per heavy atom. The molecule has 5 heteroatoms. The molecule has 2 aromatic rings. The highest BCUT2D eigenvalue weighted by Gasteiger charge is 2.48. The fraction of sp³-hybridized carbons (Fsp3) is 0.375. The molecule has 0 bridgehead atoms. The van der Waals surface area contributed by atoms with Crippen molar-refractivity contribution in [2.75, 3.05) is 6.54 Å². The summed E-state index contributed by atoms with van der Waals surface area (Å²) < 4.78 is 2.17. The molecule has 2 atom stereocenters. The molecule has 5 nitrogen and oxygen atoms in total. The minimum atomic E-state index is -0.867. The molecule has 0 unspecified atom stereocenters. The van der Waals surface area contributed by atoms with Gasteiger partial charge >= 0.3 is 5.97 Å². The van der Waals surface area contributed by atoms with Crippen LogP contribution in [0.2, 0.25) is 0 Å². The fourth-order valence-corrected chi connectivity index (χ4v) is 2.69. The lowest BCUT2D eigenvalue weighted by molar-refractivity contribution is -0.140. The average Bonchev–Trinajstić information content (AvgIpc) is 3.19. The number of nitrogens with zero attached hydrogens (tertiary/aromatic N) is 1. The van der Waals surface area contributed by atoms with Gasteiger partial charge in [-0.1, -0.05) is 18.2 Å². The summed E-state index contributed by atoms with van der Waals surface area (Å²) in [6.45, 7) is 1.41. The van der Waals surface area contributed by atoms with Crippen LogP contribution in [0.25, 0.3) is 10.9 Å². The second kappa shape index (κ2) is 5.60. The molecule has 110 valence electrons. The second-order valence-electron chi connectivity index (χ2n) is 5.50. The van der Waals surface area contributed by atoms with Gasteiger partial charge in [-0.2, -0.15) is 0 Å². The Morgan fingerprint density at radius 2 is 2.05 bits per heavy atom. The van der Waals surface area contributed by atoms with Gasteiger partial charge in [-0.15, -0.1) is 0 Å². The summed E-state index contributed by atoms with van der Waals surface area (Å²) in [6.07, 6.45) is 3.35. The number of aromatic nitrogens is 1. The van der Waals surface area contributed by atoms with Crippen molar-refractivity contribution in [1.29, 1.82) is 0 Å². The summed E-state index contributed by atoms with van der Waals surface area (Å²) in [6, 6.07) is 10.3. The van der Waals surface area contributed by atoms with Crippen molar-refractivity contribution in [1.82, 2.24) is 9.88 Å². The van der Waals surface area contributed by atoms with Crippen LogP contribution in [0.3, 0.4) is 0 Å². The Bertz CT molecular complexity index is 677. The van der Waals surface area contributed by atoms with Gasteiger partial charge in [0.1, 0.15) is 0 Å². The van der Waals surface area contributed by atoms with E-state index in [0.29, 0.717) is 13.0 Å². The molecule has 1 aliphatic rings. The predicted molar refractivity (Wildman–Crippen MR) is 78.8 cm³/mol. The van der Waals surface area contributed by atoms with Gasteiger partial charge in [-0.3, -0.25) is 9.59 Å². The monoisotopic (exact) mass is 286 g/mol. The van der Waals surface area contributed by atoms with Crippen LogP contribution in [-0.4, -0.2) is 28.1 Å². The Hall–Kier alpha value is -2.30. The molecule has 0 saturated heterocycles. The molecule has 1 fully saturated rings. The smallest absolute Gasteiger partial charge is 0.307 e. The fourth-order valence-electron chi connectivity index (χ4n) is 2.69. The molecule has 1 aromatic carbocycles. The first-order valence-electron chi connectivity index (χ1n) is 7.21. The number of hydrogen-bond acceptors (Lipinski definition) is 2. The lowest BCUT2D eigenvalue weighted by Crippen LogP contribution is -2.27. The number of hydrogen-bond donors (Lipinski definition) is 2. The maximum Gasteiger partial charge on any atom is 0.307 e. The number of carboxylic acid groups (broad SMARTS) is 1. The van der Waals surface area contributed by atoms with Crippen molar-refractivity contribution < 1.29 is 14.7 Å². The number of benzene rings is 1. The van der Waals surface area contributed by atoms with Gasteiger partial charge in [0.25, 0.3) is 0 Å². The zero-order chi connectivity index (χ0) is 14.8. The van der Waals surface area contributed by atoms with Gasteiger partial charge in [-0.05, 0) is 30.4 Å². The van der Waals surface area contributed by atoms with Crippen LogP contribution >= 0.6 is 0 Å². The van der Waals surface area contributed by atoms with E-state index in [2.05, 4.69) is 28.1 Å². The van der Waals surface area contributed by atoms with Crippen LogP contribution in [0.4, 0.5) is 0 Å². The number of aryl methyl sites for hydroxylation is 1. The van der Waals surface area contributed by atoms with Gasteiger partial charge in [0.15, 0.2) is 0 Å². The molecule has 0 spiro atoms. The van der Waals surface area contributed by atoms with Gasteiger partial charge in [-0.25, -0.2) is 0 Å². The first kappa shape index (κ1) is 13.7. The third-order valence-electron chi connectivity index (χ3n) is 4.00. The lowest BCUT2D eigenvalue weighted by atomic mass is 10.2. The van der Waals surface area contributed by atoms with Gasteiger partial charge in [0.05, 0.1) is 11.8 Å². The van der Waals surface area contributed by atoms with Crippen LogP contribution in [0.1, 0.15) is 12.8 Å². The predicted octanol–water partition coefficient (Wildman–Crippen LogP) is 1.87. The highest BCUT2D eigenvalue weighted by Crippen LogP contribution is 2.38. The number of carbonyl (C=O) groups excluding carboxylic acids is 1. The molecular weight excluding hydrogens is 268 g/mol. The quantitative estimate of drug-likeness (QED) is 0.796. The zero-order valence-corrected chi connectivity index (χ0v) is 11.7. The van der Waals surface area contributed by atoms with E-state index >= 15 is 0 Å². The molecule has 1 saturated carbocycles. The average molecular weight is 286 g/mol. The molecular formula is C16H18N2O3. The number of amides is 1. The summed E-state index contributed by atoms with van der Waals surface area (Å²) in [7, 11) is 0. The second-order valence-corrected chi connectivity index (χ2v) is 5.50. The molecule has 1 aromatic heterocycles. The number of carboxylic acids is 1. The number of aliphatic carboxylic acids is 1. The summed E-state index contributed by atoms with van der Waals surface area (Å²) in [5.74, 6) is -1.79. The molecule has 21 heavy (non-hydrogen) atoms. The topological polar surface area (TPSA) is 71.3 Å². The van der Waals surface area contributed by atoms with Crippen LogP contribution < -0.4 is 5.32 Å². The highest BCUT2D eigenvalue weighted by molar-refractivity contribution is 5.89. The van der Waals surface area contributed by atoms with Crippen LogP contribution in [0, 0.1) is 11.8 Å². The van der Waals surface area contributed by atoms with E-state index in [1.807, 2.05) is 18.3 Å². The summed E-state index contributed by atoms with van der Waals surface area (Å²) in [5.41, 5.74) is 1.19. The lowest BCUT2D eigenvalue weighted by Gasteiger charge is -2.07. The van der Waals surface area contributed by atoms with Crippen molar-refractivity contribution in [2.45, 2.75) is 19.4 Å². The Balaban J connectivity index is 1.45. The van der Waals surface area contributed by atoms with Gasteiger partial charge < -0.3 is 15.0 Å². The van der Waals surface area contributed by atoms with E-state index in [1.54, 1.807) is 0 Å². The number of nitrogens with one attached hydrogen (secondary N) is 1. The maximum atomic E-state index is 11.7. The van der Waals surface area contributed by atoms with Crippen molar-refractivity contribution in [3.8, 4) is 0 Å². The van der Waals surface area contributed by atoms with Crippen molar-refractivity contribution in [2.24, 2.45) is 11.8 Å². The van der Waals surface area contributed by atoms with E-state index in [4.69, 9.17) is 5.11 Å². The third-order valence-corrected chi connectivity index (χ3v) is 4.00. The number of para-hydroxylation sites is 1. The van der Waals surface area contributed by atoms with Gasteiger partial charge in [0.2, 0.25) is 5.91 Å². The van der Waals surface area contributed by atoms with E-state index in [9.17, 15) is 9.59 Å². The Labute approximate surface area is 122 Å². The minimum Gasteiger partial charge on any atom is -0.481 e. The number of fused-ring (bicyclic) bond motifs is 1. The SMILES string of the molecule is O=C(O)[C@@H]1C[C@H]1C(=O)NCCCn1ccc2ccccc21. The molecule has 0 radical (unpaired) electrons. The van der Waals surface area contributed by atoms with Gasteiger partial charge in [0, 0.05) is 24.8 Å². The first-order valence-corrected chi connectivity index (χ1v) is 7.21. The largest absolute Gasteiger partial charge is 0.481 e. The molecule has 1 aliphatic carbocycles. The van der Waals surface area contributed by atoms with Crippen molar-refractivity contribution in [3.05, 3.63) is 36.5 Å². The Kier molecular flexibility index (Phi) is 3.64. The van der Waals surface area contributed by atoms with Crippen molar-refractivity contribution >= 4 is 22.8 Å². The van der Waals surface area contributed by atoms with E-state index in [0.717, 1.165) is 13.0 Å². The van der Waals surface area contributed by atoms with Crippen LogP contribution in [-0.2, 0) is 16.1 Å². The molecule has 3 rings (SSSR count). The molecule has 0 aliphatic heterocycles. The normalized spacial score (nSPS) is 20.4. The number of rotatable bonds is 6. The maximum absolute atomic E-state index is 11.7. The minimum absolute atomic E-state index is 0.125. The standard InChI is InChI=1S/C16H18N2O3/c19-15(12-10-13(12)16(20)21)17-7-3-8-18-9-6-11-4-1-2-5-14(11)18/h1-2,4-6,9,12-13H,3,7-8,10H2,(H,17,19)(H,20,21)/t12-,13-/m1/s1. The zero-order valence-electron chi connectivity index (χ0n) is 11.7. The molecule has 1 heterocycles. The Morgan fingerprint density at radius 3 is 2.81 bits per heavy atom. The summed E-state index contributed by atoms with van der Waals surface area (Å²) >= 11 is 0. The first-order chi connectivity index (χ1) is 10.2. The molecule has 1 amide bonds. The summed E-state index contributed by atoms with van der Waals surface area (Å²) in [5, 5.41) is 12.8. The molecule has 2 N–H and O–H groups in total.